The summed E-state index contributed by atoms with van der Waals surface area (Å²) >= 11 is 0. The average Bonchev–Trinajstić information content (AvgIpc) is 3.27. The topological polar surface area (TPSA) is 40.5 Å². The number of nitrogens with zero attached hydrogens (tertiary/aromatic N) is 1. The first-order valence-corrected chi connectivity index (χ1v) is 7.78. The summed E-state index contributed by atoms with van der Waals surface area (Å²) in [7, 11) is 2.13. The van der Waals surface area contributed by atoms with Crippen LogP contribution in [0.4, 0.5) is 5.69 Å². The molecule has 0 bridgehead atoms. The molecule has 0 spiro atoms. The number of anilines is 1. The van der Waals surface area contributed by atoms with Crippen molar-refractivity contribution in [2.45, 2.75) is 24.7 Å². The van der Waals surface area contributed by atoms with E-state index in [9.17, 15) is 9.90 Å². The Morgan fingerprint density at radius 3 is 2.41 bits per heavy atom. The van der Waals surface area contributed by atoms with Crippen molar-refractivity contribution in [3.8, 4) is 11.1 Å². The average molecular weight is 293 g/mol. The number of carbonyl (C=O) groups is 1. The summed E-state index contributed by atoms with van der Waals surface area (Å²) in [5.74, 6) is -0.694. The Hall–Kier alpha value is -2.29. The standard InChI is InChI=1S/C19H19NO2/c1-20-11-8-15-12-14(4-7-17(15)20)13-2-5-16(6-3-13)19(9-10-19)18(21)22/h2-7,12H,8-11H2,1H3,(H,21,22). The van der Waals surface area contributed by atoms with E-state index in [1.165, 1.54) is 16.8 Å². The SMILES string of the molecule is CN1CCc2cc(-c3ccc(C4(C(=O)O)CC4)cc3)ccc21. The van der Waals surface area contributed by atoms with Crippen LogP contribution in [0.15, 0.2) is 42.5 Å². The van der Waals surface area contributed by atoms with Crippen LogP contribution >= 0.6 is 0 Å². The Kier molecular flexibility index (Phi) is 2.80. The molecule has 3 heteroatoms. The van der Waals surface area contributed by atoms with E-state index < -0.39 is 11.4 Å². The van der Waals surface area contributed by atoms with Gasteiger partial charge in [-0.3, -0.25) is 4.79 Å². The predicted molar refractivity (Wildman–Crippen MR) is 87.4 cm³/mol. The smallest absolute Gasteiger partial charge is 0.314 e. The molecule has 0 atom stereocenters. The van der Waals surface area contributed by atoms with Crippen LogP contribution in [0.3, 0.4) is 0 Å². The largest absolute Gasteiger partial charge is 0.481 e. The minimum Gasteiger partial charge on any atom is -0.481 e. The number of hydrogen-bond donors (Lipinski definition) is 1. The molecule has 2 aliphatic rings. The molecule has 0 unspecified atom stereocenters. The van der Waals surface area contributed by atoms with E-state index in [2.05, 4.69) is 42.3 Å². The van der Waals surface area contributed by atoms with E-state index >= 15 is 0 Å². The summed E-state index contributed by atoms with van der Waals surface area (Å²) in [4.78, 5) is 13.7. The zero-order chi connectivity index (χ0) is 15.3. The van der Waals surface area contributed by atoms with Gasteiger partial charge < -0.3 is 10.0 Å². The van der Waals surface area contributed by atoms with Gasteiger partial charge in [0.1, 0.15) is 0 Å². The first kappa shape index (κ1) is 13.4. The Morgan fingerprint density at radius 1 is 1.09 bits per heavy atom. The highest BCUT2D eigenvalue weighted by Crippen LogP contribution is 2.48. The second-order valence-corrected chi connectivity index (χ2v) is 6.48. The van der Waals surface area contributed by atoms with Crippen molar-refractivity contribution in [2.24, 2.45) is 0 Å². The summed E-state index contributed by atoms with van der Waals surface area (Å²) in [6.07, 6.45) is 2.61. The van der Waals surface area contributed by atoms with Gasteiger partial charge in [-0.15, -0.1) is 0 Å². The van der Waals surface area contributed by atoms with Crippen molar-refractivity contribution < 1.29 is 9.90 Å². The molecule has 4 rings (SSSR count). The highest BCUT2D eigenvalue weighted by atomic mass is 16.4. The minimum absolute atomic E-state index is 0.612. The molecular formula is C19H19NO2. The molecule has 22 heavy (non-hydrogen) atoms. The molecule has 1 aliphatic carbocycles. The van der Waals surface area contributed by atoms with Crippen LogP contribution in [-0.4, -0.2) is 24.7 Å². The lowest BCUT2D eigenvalue weighted by Crippen LogP contribution is -2.19. The van der Waals surface area contributed by atoms with Crippen LogP contribution in [0.25, 0.3) is 11.1 Å². The van der Waals surface area contributed by atoms with Gasteiger partial charge in [0.25, 0.3) is 0 Å². The second-order valence-electron chi connectivity index (χ2n) is 6.48. The number of rotatable bonds is 3. The predicted octanol–water partition coefficient (Wildman–Crippen LogP) is 3.46. The first-order valence-electron chi connectivity index (χ1n) is 7.78. The molecule has 1 heterocycles. The third-order valence-electron chi connectivity index (χ3n) is 5.14. The maximum Gasteiger partial charge on any atom is 0.314 e. The normalized spacial score (nSPS) is 18.1. The highest BCUT2D eigenvalue weighted by molar-refractivity contribution is 5.85. The Balaban J connectivity index is 1.66. The number of carboxylic acids is 1. The van der Waals surface area contributed by atoms with E-state index in [-0.39, 0.29) is 0 Å². The summed E-state index contributed by atoms with van der Waals surface area (Å²) in [5, 5.41) is 9.37. The van der Waals surface area contributed by atoms with Crippen LogP contribution in [0.2, 0.25) is 0 Å². The van der Waals surface area contributed by atoms with E-state index in [0.29, 0.717) is 0 Å². The van der Waals surface area contributed by atoms with Crippen molar-refractivity contribution in [2.75, 3.05) is 18.5 Å². The molecule has 112 valence electrons. The Bertz CT molecular complexity index is 745. The number of carboxylic acid groups (broad SMARTS) is 1. The highest BCUT2D eigenvalue weighted by Gasteiger charge is 2.51. The number of fused-ring (bicyclic) bond motifs is 1. The van der Waals surface area contributed by atoms with Crippen molar-refractivity contribution >= 4 is 11.7 Å². The fourth-order valence-corrected chi connectivity index (χ4v) is 3.48. The fourth-order valence-electron chi connectivity index (χ4n) is 3.48. The van der Waals surface area contributed by atoms with Crippen LogP contribution in [0.1, 0.15) is 24.0 Å². The maximum atomic E-state index is 11.4. The molecular weight excluding hydrogens is 274 g/mol. The summed E-state index contributed by atoms with van der Waals surface area (Å²) in [5.41, 5.74) is 5.41. The van der Waals surface area contributed by atoms with Gasteiger partial charge in [0.2, 0.25) is 0 Å². The molecule has 1 saturated carbocycles. The first-order chi connectivity index (χ1) is 10.6. The van der Waals surface area contributed by atoms with Gasteiger partial charge in [-0.2, -0.15) is 0 Å². The van der Waals surface area contributed by atoms with Crippen LogP contribution in [0, 0.1) is 0 Å². The summed E-state index contributed by atoms with van der Waals surface area (Å²) < 4.78 is 0. The molecule has 2 aromatic rings. The molecule has 1 N–H and O–H groups in total. The van der Waals surface area contributed by atoms with Crippen LogP contribution < -0.4 is 4.90 Å². The van der Waals surface area contributed by atoms with Crippen LogP contribution in [0.5, 0.6) is 0 Å². The van der Waals surface area contributed by atoms with Crippen molar-refractivity contribution in [3.63, 3.8) is 0 Å². The monoisotopic (exact) mass is 293 g/mol. The van der Waals surface area contributed by atoms with Gasteiger partial charge in [0.05, 0.1) is 5.41 Å². The van der Waals surface area contributed by atoms with Gasteiger partial charge in [0, 0.05) is 19.3 Å². The molecule has 0 amide bonds. The number of likely N-dealkylation sites (N-methyl/N-ethyl adjacent to an activating group) is 1. The van der Waals surface area contributed by atoms with Crippen molar-refractivity contribution in [3.05, 3.63) is 53.6 Å². The van der Waals surface area contributed by atoms with E-state index in [4.69, 9.17) is 0 Å². The quantitative estimate of drug-likeness (QED) is 0.942. The Labute approximate surface area is 130 Å². The zero-order valence-electron chi connectivity index (χ0n) is 12.7. The molecule has 2 aromatic carbocycles. The van der Waals surface area contributed by atoms with Gasteiger partial charge in [0.15, 0.2) is 0 Å². The van der Waals surface area contributed by atoms with Crippen molar-refractivity contribution in [1.82, 2.24) is 0 Å². The van der Waals surface area contributed by atoms with E-state index in [0.717, 1.165) is 36.9 Å². The van der Waals surface area contributed by atoms with Crippen molar-refractivity contribution in [1.29, 1.82) is 0 Å². The summed E-state index contributed by atoms with van der Waals surface area (Å²) in [6.45, 7) is 1.08. The third-order valence-corrected chi connectivity index (χ3v) is 5.14. The number of hydrogen-bond acceptors (Lipinski definition) is 2. The Morgan fingerprint density at radius 2 is 1.77 bits per heavy atom. The minimum atomic E-state index is -0.694. The molecule has 1 fully saturated rings. The zero-order valence-corrected chi connectivity index (χ0v) is 12.7. The molecule has 3 nitrogen and oxygen atoms in total. The van der Waals surface area contributed by atoms with Gasteiger partial charge in [-0.1, -0.05) is 30.3 Å². The van der Waals surface area contributed by atoms with Crippen LogP contribution in [-0.2, 0) is 16.6 Å². The maximum absolute atomic E-state index is 11.4. The molecule has 0 aromatic heterocycles. The lowest BCUT2D eigenvalue weighted by Gasteiger charge is -2.13. The lowest BCUT2D eigenvalue weighted by molar-refractivity contribution is -0.140. The fraction of sp³-hybridized carbons (Fsp3) is 0.316. The van der Waals surface area contributed by atoms with Gasteiger partial charge in [-0.05, 0) is 53.6 Å². The summed E-state index contributed by atoms with van der Waals surface area (Å²) in [6, 6.07) is 14.7. The molecule has 0 radical (unpaired) electrons. The molecule has 1 aliphatic heterocycles. The number of aliphatic carboxylic acids is 1. The van der Waals surface area contributed by atoms with E-state index in [1.54, 1.807) is 0 Å². The third kappa shape index (κ3) is 1.92. The van der Waals surface area contributed by atoms with Gasteiger partial charge in [-0.25, -0.2) is 0 Å². The van der Waals surface area contributed by atoms with Gasteiger partial charge >= 0.3 is 5.97 Å². The van der Waals surface area contributed by atoms with E-state index in [1.807, 2.05) is 12.1 Å². The molecule has 0 saturated heterocycles. The second kappa shape index (κ2) is 4.60. The lowest BCUT2D eigenvalue weighted by atomic mass is 9.93. The number of benzene rings is 2.